The zero-order valence-electron chi connectivity index (χ0n) is 17.1. The van der Waals surface area contributed by atoms with E-state index < -0.39 is 21.9 Å². The van der Waals surface area contributed by atoms with Crippen molar-refractivity contribution in [2.24, 2.45) is 0 Å². The van der Waals surface area contributed by atoms with Crippen LogP contribution in [0.25, 0.3) is 0 Å². The van der Waals surface area contributed by atoms with Gasteiger partial charge >= 0.3 is 5.97 Å². The summed E-state index contributed by atoms with van der Waals surface area (Å²) in [4.78, 5) is 24.2. The van der Waals surface area contributed by atoms with Gasteiger partial charge in [0.25, 0.3) is 0 Å². The minimum atomic E-state index is -3.59. The molecule has 1 saturated heterocycles. The summed E-state index contributed by atoms with van der Waals surface area (Å²) in [6.07, 6.45) is 2.73. The van der Waals surface area contributed by atoms with Gasteiger partial charge < -0.3 is 15.4 Å². The van der Waals surface area contributed by atoms with Crippen LogP contribution in [-0.4, -0.2) is 51.3 Å². The molecule has 0 saturated carbocycles. The fourth-order valence-corrected chi connectivity index (χ4v) is 5.02. The number of carbonyl (C=O) groups excluding carboxylic acids is 2. The van der Waals surface area contributed by atoms with E-state index in [4.69, 9.17) is 11.6 Å². The summed E-state index contributed by atoms with van der Waals surface area (Å²) in [6, 6.07) is 10.7. The Morgan fingerprint density at radius 1 is 1.10 bits per heavy atom. The van der Waals surface area contributed by atoms with E-state index >= 15 is 0 Å². The van der Waals surface area contributed by atoms with Gasteiger partial charge in [0, 0.05) is 18.8 Å². The fourth-order valence-electron chi connectivity index (χ4n) is 3.27. The molecule has 1 aliphatic heterocycles. The van der Waals surface area contributed by atoms with E-state index in [1.807, 2.05) is 0 Å². The van der Waals surface area contributed by atoms with Crippen LogP contribution in [0.15, 0.2) is 47.4 Å². The maximum absolute atomic E-state index is 12.8. The number of carbonyl (C=O) groups is 2. The standard InChI is InChI=1S/C21H24ClN3O5S/c1-30-21(27)15-8-9-18(22)19(12-15)23-14-20(26)24-16-6-5-7-17(13-16)31(28,29)25-10-3-2-4-11-25/h5-9,12-13,23H,2-4,10-11,14H2,1H3,(H,24,26). The molecule has 10 heteroatoms. The Labute approximate surface area is 186 Å². The number of benzene rings is 2. The monoisotopic (exact) mass is 465 g/mol. The topological polar surface area (TPSA) is 105 Å². The van der Waals surface area contributed by atoms with Crippen LogP contribution in [0.1, 0.15) is 29.6 Å². The largest absolute Gasteiger partial charge is 0.465 e. The molecule has 2 aromatic rings. The van der Waals surface area contributed by atoms with Crippen LogP contribution in [0.3, 0.4) is 0 Å². The third kappa shape index (κ3) is 5.75. The molecule has 0 aromatic heterocycles. The molecular weight excluding hydrogens is 442 g/mol. The normalized spacial score (nSPS) is 14.6. The van der Waals surface area contributed by atoms with Crippen molar-refractivity contribution in [1.82, 2.24) is 4.31 Å². The summed E-state index contributed by atoms with van der Waals surface area (Å²) in [5.74, 6) is -0.914. The van der Waals surface area contributed by atoms with E-state index in [-0.39, 0.29) is 11.4 Å². The van der Waals surface area contributed by atoms with Crippen molar-refractivity contribution in [1.29, 1.82) is 0 Å². The quantitative estimate of drug-likeness (QED) is 0.607. The zero-order valence-corrected chi connectivity index (χ0v) is 18.6. The van der Waals surface area contributed by atoms with Crippen LogP contribution in [0, 0.1) is 0 Å². The van der Waals surface area contributed by atoms with E-state index in [0.29, 0.717) is 35.1 Å². The van der Waals surface area contributed by atoms with Crippen molar-refractivity contribution in [2.75, 3.05) is 37.4 Å². The van der Waals surface area contributed by atoms with Crippen molar-refractivity contribution in [3.63, 3.8) is 0 Å². The predicted octanol–water partition coefficient (Wildman–Crippen LogP) is 3.35. The SMILES string of the molecule is COC(=O)c1ccc(Cl)c(NCC(=O)Nc2cccc(S(=O)(=O)N3CCCCC3)c2)c1. The highest BCUT2D eigenvalue weighted by Crippen LogP contribution is 2.24. The lowest BCUT2D eigenvalue weighted by Crippen LogP contribution is -2.35. The maximum Gasteiger partial charge on any atom is 0.337 e. The molecule has 0 spiro atoms. The molecule has 1 amide bonds. The molecule has 1 heterocycles. The number of amides is 1. The summed E-state index contributed by atoms with van der Waals surface area (Å²) in [7, 11) is -2.32. The molecular formula is C21H24ClN3O5S. The number of piperidine rings is 1. The summed E-state index contributed by atoms with van der Waals surface area (Å²) >= 11 is 6.11. The number of ether oxygens (including phenoxy) is 1. The summed E-state index contributed by atoms with van der Waals surface area (Å²) in [6.45, 7) is 0.885. The van der Waals surface area contributed by atoms with Crippen LogP contribution >= 0.6 is 11.6 Å². The summed E-state index contributed by atoms with van der Waals surface area (Å²) in [5.41, 5.74) is 1.07. The number of methoxy groups -OCH3 is 1. The molecule has 0 radical (unpaired) electrons. The lowest BCUT2D eigenvalue weighted by molar-refractivity contribution is -0.114. The van der Waals surface area contributed by atoms with Gasteiger partial charge in [0.15, 0.2) is 0 Å². The van der Waals surface area contributed by atoms with Gasteiger partial charge in [0.05, 0.1) is 34.8 Å². The Hall–Kier alpha value is -2.62. The Kier molecular flexibility index (Phi) is 7.53. The first-order valence-corrected chi connectivity index (χ1v) is 11.6. The molecule has 0 atom stereocenters. The van der Waals surface area contributed by atoms with E-state index in [2.05, 4.69) is 15.4 Å². The fraction of sp³-hybridized carbons (Fsp3) is 0.333. The van der Waals surface area contributed by atoms with Gasteiger partial charge in [-0.2, -0.15) is 4.31 Å². The van der Waals surface area contributed by atoms with Crippen molar-refractivity contribution in [3.8, 4) is 0 Å². The third-order valence-electron chi connectivity index (χ3n) is 4.90. The molecule has 166 valence electrons. The van der Waals surface area contributed by atoms with Gasteiger partial charge in [-0.05, 0) is 49.2 Å². The predicted molar refractivity (Wildman–Crippen MR) is 119 cm³/mol. The summed E-state index contributed by atoms with van der Waals surface area (Å²) < 4.78 is 31.8. The lowest BCUT2D eigenvalue weighted by Gasteiger charge is -2.26. The van der Waals surface area contributed by atoms with Gasteiger partial charge in [-0.25, -0.2) is 13.2 Å². The maximum atomic E-state index is 12.8. The van der Waals surface area contributed by atoms with Crippen molar-refractivity contribution >= 4 is 44.9 Å². The number of hydrogen-bond donors (Lipinski definition) is 2. The second-order valence-corrected chi connectivity index (χ2v) is 9.43. The Morgan fingerprint density at radius 2 is 1.84 bits per heavy atom. The lowest BCUT2D eigenvalue weighted by atomic mass is 10.2. The number of sulfonamides is 1. The molecule has 0 unspecified atom stereocenters. The van der Waals surface area contributed by atoms with Gasteiger partial charge in [0.2, 0.25) is 15.9 Å². The van der Waals surface area contributed by atoms with E-state index in [1.54, 1.807) is 12.1 Å². The minimum absolute atomic E-state index is 0.131. The first kappa shape index (κ1) is 23.1. The highest BCUT2D eigenvalue weighted by Gasteiger charge is 2.26. The average molecular weight is 466 g/mol. The number of anilines is 2. The molecule has 31 heavy (non-hydrogen) atoms. The molecule has 1 fully saturated rings. The van der Waals surface area contributed by atoms with Crippen LogP contribution in [-0.2, 0) is 19.6 Å². The number of rotatable bonds is 7. The first-order valence-electron chi connectivity index (χ1n) is 9.83. The Balaban J connectivity index is 1.65. The first-order chi connectivity index (χ1) is 14.8. The van der Waals surface area contributed by atoms with Crippen LogP contribution in [0.2, 0.25) is 5.02 Å². The van der Waals surface area contributed by atoms with E-state index in [0.717, 1.165) is 19.3 Å². The van der Waals surface area contributed by atoms with Crippen molar-refractivity contribution in [2.45, 2.75) is 24.2 Å². The van der Waals surface area contributed by atoms with Crippen LogP contribution < -0.4 is 10.6 Å². The molecule has 0 bridgehead atoms. The van der Waals surface area contributed by atoms with Gasteiger partial charge in [-0.3, -0.25) is 4.79 Å². The molecule has 2 N–H and O–H groups in total. The minimum Gasteiger partial charge on any atom is -0.465 e. The second-order valence-electron chi connectivity index (χ2n) is 7.08. The number of halogens is 1. The highest BCUT2D eigenvalue weighted by molar-refractivity contribution is 7.89. The second kappa shape index (κ2) is 10.1. The van der Waals surface area contributed by atoms with E-state index in [9.17, 15) is 18.0 Å². The molecule has 2 aromatic carbocycles. The van der Waals surface area contributed by atoms with Crippen LogP contribution in [0.5, 0.6) is 0 Å². The van der Waals surface area contributed by atoms with E-state index in [1.165, 1.54) is 41.7 Å². The number of nitrogens with one attached hydrogen (secondary N) is 2. The number of hydrogen-bond acceptors (Lipinski definition) is 6. The smallest absolute Gasteiger partial charge is 0.337 e. The molecule has 3 rings (SSSR count). The summed E-state index contributed by atoms with van der Waals surface area (Å²) in [5, 5.41) is 5.89. The van der Waals surface area contributed by atoms with Gasteiger partial charge in [-0.15, -0.1) is 0 Å². The third-order valence-corrected chi connectivity index (χ3v) is 7.12. The van der Waals surface area contributed by atoms with Crippen molar-refractivity contribution < 1.29 is 22.7 Å². The molecule has 0 aliphatic carbocycles. The zero-order chi connectivity index (χ0) is 22.4. The highest BCUT2D eigenvalue weighted by atomic mass is 35.5. The van der Waals surface area contributed by atoms with Crippen LogP contribution in [0.4, 0.5) is 11.4 Å². The van der Waals surface area contributed by atoms with Crippen molar-refractivity contribution in [3.05, 3.63) is 53.1 Å². The van der Waals surface area contributed by atoms with Gasteiger partial charge in [0.1, 0.15) is 0 Å². The Morgan fingerprint density at radius 3 is 2.55 bits per heavy atom. The average Bonchev–Trinajstić information content (AvgIpc) is 2.78. The Bertz CT molecular complexity index is 1070. The molecule has 8 nitrogen and oxygen atoms in total. The number of nitrogens with zero attached hydrogens (tertiary/aromatic N) is 1. The molecule has 1 aliphatic rings. The number of esters is 1. The van der Waals surface area contributed by atoms with Gasteiger partial charge in [-0.1, -0.05) is 24.1 Å².